The Bertz CT molecular complexity index is 688. The minimum absolute atomic E-state index is 0.160. The number of benzene rings is 1. The lowest BCUT2D eigenvalue weighted by Gasteiger charge is -2.32. The average molecular weight is 399 g/mol. The van der Waals surface area contributed by atoms with Crippen LogP contribution in [0.2, 0.25) is 0 Å². The minimum Gasteiger partial charge on any atom is -0.399 e. The van der Waals surface area contributed by atoms with Gasteiger partial charge in [-0.15, -0.1) is 0 Å². The van der Waals surface area contributed by atoms with E-state index >= 15 is 0 Å². The molecule has 0 radical (unpaired) electrons. The Kier molecular flexibility index (Phi) is 6.87. The lowest BCUT2D eigenvalue weighted by molar-refractivity contribution is -0.136. The molecule has 0 atom stereocenters. The molecule has 28 heavy (non-hydrogen) atoms. The zero-order chi connectivity index (χ0) is 21.2. The van der Waals surface area contributed by atoms with Crippen molar-refractivity contribution in [3.63, 3.8) is 0 Å². The first-order chi connectivity index (χ1) is 12.9. The molecule has 1 heterocycles. The molecule has 0 aromatic heterocycles. The normalized spacial score (nSPS) is 18.4. The highest BCUT2D eigenvalue weighted by molar-refractivity contribution is 6.62. The van der Waals surface area contributed by atoms with Crippen LogP contribution in [-0.2, 0) is 15.5 Å². The number of amides is 1. The van der Waals surface area contributed by atoms with Crippen LogP contribution in [0.15, 0.2) is 18.2 Å². The van der Waals surface area contributed by atoms with Crippen LogP contribution < -0.4 is 10.8 Å². The summed E-state index contributed by atoms with van der Waals surface area (Å²) in [5.41, 5.74) is -2.43. The van der Waals surface area contributed by atoms with Crippen LogP contribution in [0.3, 0.4) is 0 Å². The van der Waals surface area contributed by atoms with Crippen LogP contribution in [0.1, 0.15) is 76.2 Å². The molecule has 2 rings (SSSR count). The molecule has 0 saturated carbocycles. The predicted molar refractivity (Wildman–Crippen MR) is 104 cm³/mol. The van der Waals surface area contributed by atoms with Gasteiger partial charge in [-0.05, 0) is 57.8 Å². The van der Waals surface area contributed by atoms with E-state index in [1.807, 2.05) is 0 Å². The van der Waals surface area contributed by atoms with Crippen molar-refractivity contribution in [3.05, 3.63) is 29.3 Å². The maximum atomic E-state index is 13.5. The highest BCUT2D eigenvalue weighted by Gasteiger charge is 2.53. The molecular weight excluding hydrogens is 370 g/mol. The van der Waals surface area contributed by atoms with Gasteiger partial charge in [0.15, 0.2) is 0 Å². The number of alkyl halides is 3. The van der Waals surface area contributed by atoms with E-state index in [9.17, 15) is 18.0 Å². The highest BCUT2D eigenvalue weighted by atomic mass is 19.4. The van der Waals surface area contributed by atoms with Crippen LogP contribution >= 0.6 is 0 Å². The number of nitrogens with one attached hydrogen (secondary N) is 1. The first-order valence-electron chi connectivity index (χ1n) is 9.74. The fourth-order valence-electron chi connectivity index (χ4n) is 2.98. The molecule has 1 aromatic rings. The van der Waals surface area contributed by atoms with Gasteiger partial charge in [-0.1, -0.05) is 26.2 Å². The summed E-state index contributed by atoms with van der Waals surface area (Å²) in [7, 11) is -1.20. The molecule has 0 spiro atoms. The van der Waals surface area contributed by atoms with Crippen LogP contribution in [0.25, 0.3) is 0 Å². The Morgan fingerprint density at radius 3 is 2.21 bits per heavy atom. The Morgan fingerprint density at radius 1 is 1.07 bits per heavy atom. The fraction of sp³-hybridized carbons (Fsp3) is 0.650. The Labute approximate surface area is 165 Å². The van der Waals surface area contributed by atoms with Gasteiger partial charge in [-0.25, -0.2) is 0 Å². The minimum atomic E-state index is -4.58. The van der Waals surface area contributed by atoms with E-state index in [0.29, 0.717) is 6.54 Å². The molecule has 1 aliphatic heterocycles. The zero-order valence-corrected chi connectivity index (χ0v) is 17.2. The molecular formula is C20H29BF3NO3. The van der Waals surface area contributed by atoms with E-state index < -0.39 is 36.0 Å². The Hall–Kier alpha value is -1.54. The lowest BCUT2D eigenvalue weighted by Crippen LogP contribution is -2.41. The van der Waals surface area contributed by atoms with Gasteiger partial charge < -0.3 is 14.6 Å². The second kappa shape index (κ2) is 8.45. The number of rotatable bonds is 7. The number of carbonyl (C=O) groups excluding carboxylic acids is 1. The molecule has 1 fully saturated rings. The smallest absolute Gasteiger partial charge is 0.399 e. The van der Waals surface area contributed by atoms with Gasteiger partial charge in [0.1, 0.15) is 0 Å². The van der Waals surface area contributed by atoms with Crippen molar-refractivity contribution in [2.75, 3.05) is 6.54 Å². The molecule has 0 aliphatic carbocycles. The molecule has 0 unspecified atom stereocenters. The first-order valence-corrected chi connectivity index (χ1v) is 9.74. The van der Waals surface area contributed by atoms with Crippen LogP contribution in [-0.4, -0.2) is 30.8 Å². The summed E-state index contributed by atoms with van der Waals surface area (Å²) >= 11 is 0. The first kappa shape index (κ1) is 22.8. The number of unbranched alkanes of at least 4 members (excludes halogenated alkanes) is 3. The Morgan fingerprint density at radius 2 is 1.68 bits per heavy atom. The number of halogens is 3. The standard InChI is InChI=1S/C20H29BF3NO3/c1-6-7-8-9-12-25-17(26)14-10-11-15(20(22,23)24)16(13-14)21-27-18(2,3)19(4,5)28-21/h10-11,13H,6-9,12H2,1-5H3,(H,25,26). The van der Waals surface area contributed by atoms with E-state index in [1.54, 1.807) is 27.7 Å². The summed E-state index contributed by atoms with van der Waals surface area (Å²) < 4.78 is 52.2. The van der Waals surface area contributed by atoms with Crippen molar-refractivity contribution in [3.8, 4) is 0 Å². The van der Waals surface area contributed by atoms with E-state index in [0.717, 1.165) is 31.7 Å². The molecule has 8 heteroatoms. The second-order valence-corrected chi connectivity index (χ2v) is 8.20. The third-order valence-electron chi connectivity index (χ3n) is 5.44. The largest absolute Gasteiger partial charge is 0.495 e. The SMILES string of the molecule is CCCCCCNC(=O)c1ccc(C(F)(F)F)c(B2OC(C)(C)C(C)(C)O2)c1. The molecule has 156 valence electrons. The third kappa shape index (κ3) is 5.09. The molecule has 1 aliphatic rings. The van der Waals surface area contributed by atoms with Crippen LogP contribution in [0.5, 0.6) is 0 Å². The summed E-state index contributed by atoms with van der Waals surface area (Å²) in [4.78, 5) is 12.4. The van der Waals surface area contributed by atoms with Crippen molar-refractivity contribution in [2.45, 2.75) is 77.7 Å². The molecule has 1 N–H and O–H groups in total. The summed E-state index contributed by atoms with van der Waals surface area (Å²) in [5.74, 6) is -0.400. The lowest BCUT2D eigenvalue weighted by atomic mass is 9.75. The summed E-state index contributed by atoms with van der Waals surface area (Å²) in [6.07, 6.45) is -0.562. The number of hydrogen-bond acceptors (Lipinski definition) is 3. The van der Waals surface area contributed by atoms with Gasteiger partial charge in [0, 0.05) is 12.1 Å². The quantitative estimate of drug-likeness (QED) is 0.549. The predicted octanol–water partition coefficient (Wildman–Crippen LogP) is 4.31. The molecule has 0 bridgehead atoms. The monoisotopic (exact) mass is 399 g/mol. The maximum Gasteiger partial charge on any atom is 0.495 e. The fourth-order valence-corrected chi connectivity index (χ4v) is 2.98. The Balaban J connectivity index is 2.25. The topological polar surface area (TPSA) is 47.6 Å². The average Bonchev–Trinajstić information content (AvgIpc) is 2.81. The molecule has 1 aromatic carbocycles. The van der Waals surface area contributed by atoms with Gasteiger partial charge in [-0.2, -0.15) is 13.2 Å². The van der Waals surface area contributed by atoms with Crippen molar-refractivity contribution in [2.24, 2.45) is 0 Å². The van der Waals surface area contributed by atoms with Crippen molar-refractivity contribution >= 4 is 18.5 Å². The van der Waals surface area contributed by atoms with Gasteiger partial charge in [0.25, 0.3) is 5.91 Å². The van der Waals surface area contributed by atoms with Crippen molar-refractivity contribution in [1.82, 2.24) is 5.32 Å². The maximum absolute atomic E-state index is 13.5. The second-order valence-electron chi connectivity index (χ2n) is 8.20. The number of carbonyl (C=O) groups is 1. The third-order valence-corrected chi connectivity index (χ3v) is 5.44. The van der Waals surface area contributed by atoms with Crippen molar-refractivity contribution in [1.29, 1.82) is 0 Å². The van der Waals surface area contributed by atoms with Gasteiger partial charge in [0.2, 0.25) is 0 Å². The molecule has 1 amide bonds. The van der Waals surface area contributed by atoms with Gasteiger partial charge in [0.05, 0.1) is 16.8 Å². The highest BCUT2D eigenvalue weighted by Crippen LogP contribution is 2.38. The van der Waals surface area contributed by atoms with Gasteiger partial charge in [-0.3, -0.25) is 4.79 Å². The summed E-state index contributed by atoms with van der Waals surface area (Å²) in [5, 5.41) is 2.76. The number of hydrogen-bond donors (Lipinski definition) is 1. The zero-order valence-electron chi connectivity index (χ0n) is 17.2. The summed E-state index contributed by atoms with van der Waals surface area (Å²) in [6, 6.07) is 3.34. The van der Waals surface area contributed by atoms with E-state index in [2.05, 4.69) is 12.2 Å². The van der Waals surface area contributed by atoms with E-state index in [1.165, 1.54) is 12.1 Å². The van der Waals surface area contributed by atoms with Gasteiger partial charge >= 0.3 is 13.3 Å². The van der Waals surface area contributed by atoms with Crippen molar-refractivity contribution < 1.29 is 27.3 Å². The van der Waals surface area contributed by atoms with E-state index in [4.69, 9.17) is 9.31 Å². The van der Waals surface area contributed by atoms with E-state index in [-0.39, 0.29) is 11.0 Å². The van der Waals surface area contributed by atoms with Crippen LogP contribution in [0.4, 0.5) is 13.2 Å². The summed E-state index contributed by atoms with van der Waals surface area (Å²) in [6.45, 7) is 9.67. The molecule has 4 nitrogen and oxygen atoms in total. The van der Waals surface area contributed by atoms with Crippen LogP contribution in [0, 0.1) is 0 Å². The molecule has 1 saturated heterocycles.